The standard InChI is InChI=1S/C19H18ClN3O2/c1-2-25-22-18(24)12-15-13-23(17-6-4-3-5-7-17)21-19(15)14-8-10-16(20)11-9-14/h3-11,13H,2,12H2,1H3,(H,22,24). The van der Waals surface area contributed by atoms with E-state index in [0.29, 0.717) is 11.6 Å². The van der Waals surface area contributed by atoms with Gasteiger partial charge in [0.25, 0.3) is 0 Å². The van der Waals surface area contributed by atoms with Crippen molar-refractivity contribution >= 4 is 17.5 Å². The molecule has 2 aromatic carbocycles. The van der Waals surface area contributed by atoms with Crippen molar-refractivity contribution in [1.29, 1.82) is 0 Å². The Bertz CT molecular complexity index is 845. The Morgan fingerprint density at radius 1 is 1.16 bits per heavy atom. The Labute approximate surface area is 151 Å². The largest absolute Gasteiger partial charge is 0.274 e. The predicted octanol–water partition coefficient (Wildman–Crippen LogP) is 3.80. The number of amides is 1. The van der Waals surface area contributed by atoms with E-state index in [1.165, 1.54) is 0 Å². The molecule has 6 heteroatoms. The number of rotatable bonds is 6. The molecule has 0 radical (unpaired) electrons. The van der Waals surface area contributed by atoms with Crippen LogP contribution in [-0.2, 0) is 16.1 Å². The molecule has 0 aliphatic carbocycles. The molecule has 128 valence electrons. The summed E-state index contributed by atoms with van der Waals surface area (Å²) in [6, 6.07) is 17.2. The molecular formula is C19H18ClN3O2. The molecule has 0 fully saturated rings. The summed E-state index contributed by atoms with van der Waals surface area (Å²) >= 11 is 5.98. The first-order chi connectivity index (χ1) is 12.2. The maximum Gasteiger partial charge on any atom is 0.248 e. The average molecular weight is 356 g/mol. The molecule has 1 amide bonds. The van der Waals surface area contributed by atoms with E-state index in [1.54, 1.807) is 4.68 Å². The highest BCUT2D eigenvalue weighted by Crippen LogP contribution is 2.25. The lowest BCUT2D eigenvalue weighted by atomic mass is 10.1. The van der Waals surface area contributed by atoms with Gasteiger partial charge in [-0.3, -0.25) is 9.63 Å². The maximum atomic E-state index is 12.1. The van der Waals surface area contributed by atoms with Gasteiger partial charge < -0.3 is 0 Å². The number of carbonyl (C=O) groups excluding carboxylic acids is 1. The zero-order valence-corrected chi connectivity index (χ0v) is 14.5. The highest BCUT2D eigenvalue weighted by atomic mass is 35.5. The second-order valence-electron chi connectivity index (χ2n) is 5.42. The molecule has 5 nitrogen and oxygen atoms in total. The van der Waals surface area contributed by atoms with Crippen LogP contribution in [0, 0.1) is 0 Å². The van der Waals surface area contributed by atoms with Gasteiger partial charge >= 0.3 is 0 Å². The molecule has 0 aliphatic rings. The predicted molar refractivity (Wildman–Crippen MR) is 97.5 cm³/mol. The fourth-order valence-corrected chi connectivity index (χ4v) is 2.59. The molecule has 0 atom stereocenters. The third-order valence-electron chi connectivity index (χ3n) is 3.61. The summed E-state index contributed by atoms with van der Waals surface area (Å²) in [5.74, 6) is -0.218. The Hall–Kier alpha value is -2.63. The first-order valence-electron chi connectivity index (χ1n) is 7.98. The number of para-hydroxylation sites is 1. The van der Waals surface area contributed by atoms with Gasteiger partial charge in [-0.15, -0.1) is 0 Å². The van der Waals surface area contributed by atoms with Crippen LogP contribution in [0.5, 0.6) is 0 Å². The second-order valence-corrected chi connectivity index (χ2v) is 5.86. The van der Waals surface area contributed by atoms with E-state index in [4.69, 9.17) is 16.4 Å². The van der Waals surface area contributed by atoms with Gasteiger partial charge in [0, 0.05) is 22.3 Å². The van der Waals surface area contributed by atoms with Crippen molar-refractivity contribution in [1.82, 2.24) is 15.3 Å². The van der Waals surface area contributed by atoms with Gasteiger partial charge in [-0.1, -0.05) is 41.9 Å². The van der Waals surface area contributed by atoms with Gasteiger partial charge in [-0.2, -0.15) is 5.10 Å². The first-order valence-corrected chi connectivity index (χ1v) is 8.35. The molecule has 0 bridgehead atoms. The van der Waals surface area contributed by atoms with Gasteiger partial charge in [0.2, 0.25) is 5.91 Å². The fourth-order valence-electron chi connectivity index (χ4n) is 2.46. The summed E-state index contributed by atoms with van der Waals surface area (Å²) in [5, 5.41) is 5.32. The van der Waals surface area contributed by atoms with Crippen LogP contribution in [0.1, 0.15) is 12.5 Å². The summed E-state index contributed by atoms with van der Waals surface area (Å²) in [6.45, 7) is 2.23. The summed E-state index contributed by atoms with van der Waals surface area (Å²) < 4.78 is 1.77. The number of carbonyl (C=O) groups is 1. The van der Waals surface area contributed by atoms with Crippen LogP contribution in [-0.4, -0.2) is 22.3 Å². The Kier molecular flexibility index (Phi) is 5.48. The van der Waals surface area contributed by atoms with E-state index in [0.717, 1.165) is 22.5 Å². The summed E-state index contributed by atoms with van der Waals surface area (Å²) in [6.07, 6.45) is 2.04. The Morgan fingerprint density at radius 2 is 1.88 bits per heavy atom. The van der Waals surface area contributed by atoms with E-state index in [9.17, 15) is 4.79 Å². The molecule has 1 N–H and O–H groups in total. The van der Waals surface area contributed by atoms with Crippen molar-refractivity contribution in [3.05, 3.63) is 71.4 Å². The van der Waals surface area contributed by atoms with Crippen LogP contribution in [0.3, 0.4) is 0 Å². The zero-order chi connectivity index (χ0) is 17.6. The van der Waals surface area contributed by atoms with Crippen molar-refractivity contribution in [2.24, 2.45) is 0 Å². The minimum atomic E-state index is -0.218. The fraction of sp³-hybridized carbons (Fsp3) is 0.158. The van der Waals surface area contributed by atoms with Crippen molar-refractivity contribution < 1.29 is 9.63 Å². The molecule has 0 unspecified atom stereocenters. The van der Waals surface area contributed by atoms with E-state index in [1.807, 2.05) is 67.7 Å². The lowest BCUT2D eigenvalue weighted by molar-refractivity contribution is -0.132. The Morgan fingerprint density at radius 3 is 2.56 bits per heavy atom. The van der Waals surface area contributed by atoms with Crippen molar-refractivity contribution in [3.63, 3.8) is 0 Å². The van der Waals surface area contributed by atoms with Crippen LogP contribution in [0.2, 0.25) is 5.02 Å². The summed E-state index contributed by atoms with van der Waals surface area (Å²) in [7, 11) is 0. The molecule has 0 aliphatic heterocycles. The lowest BCUT2D eigenvalue weighted by Gasteiger charge is -2.04. The minimum Gasteiger partial charge on any atom is -0.274 e. The van der Waals surface area contributed by atoms with Crippen LogP contribution >= 0.6 is 11.6 Å². The van der Waals surface area contributed by atoms with Crippen LogP contribution in [0.25, 0.3) is 16.9 Å². The summed E-state index contributed by atoms with van der Waals surface area (Å²) in [4.78, 5) is 17.0. The SMILES string of the molecule is CCONC(=O)Cc1cn(-c2ccccc2)nc1-c1ccc(Cl)cc1. The van der Waals surface area contributed by atoms with Crippen molar-refractivity contribution in [2.75, 3.05) is 6.61 Å². The number of hydrogen-bond donors (Lipinski definition) is 1. The van der Waals surface area contributed by atoms with Gasteiger partial charge in [-0.05, 0) is 31.2 Å². The molecule has 1 heterocycles. The highest BCUT2D eigenvalue weighted by Gasteiger charge is 2.15. The average Bonchev–Trinajstić information content (AvgIpc) is 3.05. The first kappa shape index (κ1) is 17.2. The molecule has 3 rings (SSSR count). The van der Waals surface area contributed by atoms with Crippen LogP contribution < -0.4 is 5.48 Å². The number of aromatic nitrogens is 2. The normalized spacial score (nSPS) is 10.6. The van der Waals surface area contributed by atoms with Crippen LogP contribution in [0.15, 0.2) is 60.8 Å². The number of benzene rings is 2. The second kappa shape index (κ2) is 7.96. The van der Waals surface area contributed by atoms with E-state index in [-0.39, 0.29) is 12.3 Å². The smallest absolute Gasteiger partial charge is 0.248 e. The van der Waals surface area contributed by atoms with Crippen molar-refractivity contribution in [3.8, 4) is 16.9 Å². The van der Waals surface area contributed by atoms with E-state index in [2.05, 4.69) is 10.6 Å². The van der Waals surface area contributed by atoms with E-state index < -0.39 is 0 Å². The molecule has 25 heavy (non-hydrogen) atoms. The molecule has 0 saturated carbocycles. The maximum absolute atomic E-state index is 12.1. The van der Waals surface area contributed by atoms with Gasteiger partial charge in [0.15, 0.2) is 0 Å². The minimum absolute atomic E-state index is 0.171. The third kappa shape index (κ3) is 4.26. The highest BCUT2D eigenvalue weighted by molar-refractivity contribution is 6.30. The number of halogens is 1. The number of nitrogens with one attached hydrogen (secondary N) is 1. The van der Waals surface area contributed by atoms with Gasteiger partial charge in [0.05, 0.1) is 24.4 Å². The molecule has 0 spiro atoms. The number of nitrogens with zero attached hydrogens (tertiary/aromatic N) is 2. The summed E-state index contributed by atoms with van der Waals surface area (Å²) in [5.41, 5.74) is 5.80. The van der Waals surface area contributed by atoms with Gasteiger partial charge in [0.1, 0.15) is 0 Å². The quantitative estimate of drug-likeness (QED) is 0.684. The zero-order valence-electron chi connectivity index (χ0n) is 13.8. The topological polar surface area (TPSA) is 56.1 Å². The van der Waals surface area contributed by atoms with E-state index >= 15 is 0 Å². The lowest BCUT2D eigenvalue weighted by Crippen LogP contribution is -2.25. The monoisotopic (exact) mass is 355 g/mol. The van der Waals surface area contributed by atoms with Crippen LogP contribution in [0.4, 0.5) is 0 Å². The Balaban J connectivity index is 1.97. The number of hydrogen-bond acceptors (Lipinski definition) is 3. The molecule has 1 aromatic heterocycles. The molecule has 3 aromatic rings. The number of hydroxylamine groups is 1. The molecule has 0 saturated heterocycles. The molecular weight excluding hydrogens is 338 g/mol. The van der Waals surface area contributed by atoms with Gasteiger partial charge in [-0.25, -0.2) is 10.2 Å². The third-order valence-corrected chi connectivity index (χ3v) is 3.86. The van der Waals surface area contributed by atoms with Crippen molar-refractivity contribution in [2.45, 2.75) is 13.3 Å².